The van der Waals surface area contributed by atoms with E-state index in [1.54, 1.807) is 6.07 Å². The zero-order valence-electron chi connectivity index (χ0n) is 15.8. The molecule has 1 aromatic carbocycles. The Kier molecular flexibility index (Phi) is 5.98. The first-order valence-electron chi connectivity index (χ1n) is 8.80. The Morgan fingerprint density at radius 3 is 2.59 bits per heavy atom. The van der Waals surface area contributed by atoms with Crippen molar-refractivity contribution in [1.82, 2.24) is 4.98 Å². The number of anilines is 1. The standard InChI is InChI=1S/C19H13F6N5O2/c20-12-3-2-10(29-15(31)13-4-1-9(7-26)8-28-13)5-11(12)18(16(21)22)6-14(19(23,24)25)32-17(27)30-18/h1-5,8,14,16H,6H2,(H2,27,30)(H,29,31)/t14-,18+/m1/s1. The zero-order valence-corrected chi connectivity index (χ0v) is 15.8. The number of carbonyl (C=O) groups excluding carboxylic acids is 1. The van der Waals surface area contributed by atoms with Gasteiger partial charge >= 0.3 is 6.18 Å². The summed E-state index contributed by atoms with van der Waals surface area (Å²) in [5.41, 5.74) is 1.13. The number of nitriles is 1. The summed E-state index contributed by atoms with van der Waals surface area (Å²) in [4.78, 5) is 19.4. The number of carbonyl (C=O) groups is 1. The molecule has 2 atom stereocenters. The number of pyridine rings is 1. The molecule has 0 bridgehead atoms. The number of nitrogens with zero attached hydrogens (tertiary/aromatic N) is 3. The van der Waals surface area contributed by atoms with Crippen LogP contribution in [0.1, 0.15) is 28.0 Å². The van der Waals surface area contributed by atoms with Gasteiger partial charge in [0.25, 0.3) is 18.4 Å². The van der Waals surface area contributed by atoms with Gasteiger partial charge in [-0.15, -0.1) is 0 Å². The minimum absolute atomic E-state index is 0.149. The third kappa shape index (κ3) is 4.43. The number of nitrogens with two attached hydrogens (primary N) is 1. The second-order valence-corrected chi connectivity index (χ2v) is 6.72. The lowest BCUT2D eigenvalue weighted by Crippen LogP contribution is -2.50. The molecule has 13 heteroatoms. The maximum Gasteiger partial charge on any atom is 0.425 e. The number of halogens is 6. The van der Waals surface area contributed by atoms with Gasteiger partial charge < -0.3 is 15.8 Å². The third-order valence-electron chi connectivity index (χ3n) is 4.61. The highest BCUT2D eigenvalue weighted by Gasteiger charge is 2.56. The number of amides is 1. The Bertz CT molecular complexity index is 1100. The monoisotopic (exact) mass is 457 g/mol. The van der Waals surface area contributed by atoms with Crippen LogP contribution in [0, 0.1) is 17.1 Å². The number of hydrogen-bond donors (Lipinski definition) is 2. The highest BCUT2D eigenvalue weighted by atomic mass is 19.4. The van der Waals surface area contributed by atoms with Gasteiger partial charge in [0.2, 0.25) is 0 Å². The Hall–Kier alpha value is -3.82. The van der Waals surface area contributed by atoms with Gasteiger partial charge in [0.1, 0.15) is 17.6 Å². The van der Waals surface area contributed by atoms with Crippen LogP contribution in [0.5, 0.6) is 0 Å². The Balaban J connectivity index is 1.99. The summed E-state index contributed by atoms with van der Waals surface area (Å²) in [5, 5.41) is 11.0. The fourth-order valence-electron chi connectivity index (χ4n) is 3.07. The van der Waals surface area contributed by atoms with Crippen molar-refractivity contribution in [2.75, 3.05) is 5.32 Å². The van der Waals surface area contributed by atoms with Gasteiger partial charge in [-0.05, 0) is 30.3 Å². The van der Waals surface area contributed by atoms with Gasteiger partial charge in [-0.3, -0.25) is 4.79 Å². The molecule has 3 rings (SSSR count). The van der Waals surface area contributed by atoms with E-state index in [4.69, 9.17) is 11.0 Å². The van der Waals surface area contributed by atoms with E-state index in [-0.39, 0.29) is 16.9 Å². The quantitative estimate of drug-likeness (QED) is 0.683. The van der Waals surface area contributed by atoms with E-state index >= 15 is 0 Å². The lowest BCUT2D eigenvalue weighted by atomic mass is 9.83. The Morgan fingerprint density at radius 1 is 1.31 bits per heavy atom. The summed E-state index contributed by atoms with van der Waals surface area (Å²) in [5.74, 6) is -2.11. The number of rotatable bonds is 4. The molecule has 32 heavy (non-hydrogen) atoms. The zero-order chi connectivity index (χ0) is 23.7. The second kappa shape index (κ2) is 8.37. The average molecular weight is 457 g/mol. The summed E-state index contributed by atoms with van der Waals surface area (Å²) >= 11 is 0. The predicted octanol–water partition coefficient (Wildman–Crippen LogP) is 3.47. The summed E-state index contributed by atoms with van der Waals surface area (Å²) < 4.78 is 86.4. The number of hydrogen-bond acceptors (Lipinski definition) is 6. The second-order valence-electron chi connectivity index (χ2n) is 6.72. The molecule has 3 N–H and O–H groups in total. The molecule has 1 aliphatic heterocycles. The van der Waals surface area contributed by atoms with E-state index in [1.807, 2.05) is 0 Å². The molecule has 0 aliphatic carbocycles. The number of aromatic nitrogens is 1. The van der Waals surface area contributed by atoms with E-state index in [0.29, 0.717) is 6.07 Å². The smallest absolute Gasteiger partial charge is 0.425 e. The molecule has 0 unspecified atom stereocenters. The van der Waals surface area contributed by atoms with Crippen molar-refractivity contribution in [2.24, 2.45) is 10.7 Å². The third-order valence-corrected chi connectivity index (χ3v) is 4.61. The lowest BCUT2D eigenvalue weighted by Gasteiger charge is -2.37. The first-order valence-corrected chi connectivity index (χ1v) is 8.80. The minimum atomic E-state index is -5.07. The summed E-state index contributed by atoms with van der Waals surface area (Å²) in [6, 6.07) is 5.63. The Labute approximate surface area is 176 Å². The number of alkyl halides is 5. The number of benzene rings is 1. The summed E-state index contributed by atoms with van der Waals surface area (Å²) in [7, 11) is 0. The van der Waals surface area contributed by atoms with Crippen molar-refractivity contribution in [1.29, 1.82) is 5.26 Å². The largest absolute Gasteiger partial charge is 0.452 e. The first kappa shape index (κ1) is 22.9. The fraction of sp³-hybridized carbons (Fsp3) is 0.263. The van der Waals surface area contributed by atoms with Crippen LogP contribution in [0.4, 0.5) is 32.0 Å². The normalized spacial score (nSPS) is 20.8. The molecule has 7 nitrogen and oxygen atoms in total. The Morgan fingerprint density at radius 2 is 2.03 bits per heavy atom. The van der Waals surface area contributed by atoms with Gasteiger partial charge in [-0.2, -0.15) is 18.4 Å². The van der Waals surface area contributed by atoms with Crippen LogP contribution in [0.25, 0.3) is 0 Å². The predicted molar refractivity (Wildman–Crippen MR) is 98.2 cm³/mol. The molecule has 168 valence electrons. The first-order chi connectivity index (χ1) is 15.0. The SMILES string of the molecule is N#Cc1ccc(C(=O)Nc2ccc(F)c([C@]3(C(F)F)C[C@H](C(F)(F)F)OC(N)=N3)c2)nc1. The molecule has 0 fully saturated rings. The van der Waals surface area contributed by atoms with Crippen LogP contribution < -0.4 is 11.1 Å². The summed E-state index contributed by atoms with van der Waals surface area (Å²) in [6.45, 7) is 0. The van der Waals surface area contributed by atoms with Crippen molar-refractivity contribution in [2.45, 2.75) is 30.7 Å². The topological polar surface area (TPSA) is 113 Å². The highest BCUT2D eigenvalue weighted by Crippen LogP contribution is 2.45. The molecule has 0 saturated heterocycles. The molecule has 1 aromatic heterocycles. The molecular formula is C19H13F6N5O2. The molecular weight excluding hydrogens is 444 g/mol. The van der Waals surface area contributed by atoms with Crippen LogP contribution in [0.3, 0.4) is 0 Å². The van der Waals surface area contributed by atoms with Crippen LogP contribution >= 0.6 is 0 Å². The number of nitrogens with one attached hydrogen (secondary N) is 1. The lowest BCUT2D eigenvalue weighted by molar-refractivity contribution is -0.213. The maximum absolute atomic E-state index is 14.5. The van der Waals surface area contributed by atoms with Gasteiger partial charge in [0.15, 0.2) is 11.6 Å². The van der Waals surface area contributed by atoms with Gasteiger partial charge in [0, 0.05) is 23.9 Å². The van der Waals surface area contributed by atoms with Crippen LogP contribution in [-0.4, -0.2) is 35.6 Å². The van der Waals surface area contributed by atoms with E-state index in [2.05, 4.69) is 20.0 Å². The van der Waals surface area contributed by atoms with E-state index in [0.717, 1.165) is 18.3 Å². The fourth-order valence-corrected chi connectivity index (χ4v) is 3.07. The summed E-state index contributed by atoms with van der Waals surface area (Å²) in [6.07, 6.45) is -11.7. The average Bonchev–Trinajstić information content (AvgIpc) is 2.73. The van der Waals surface area contributed by atoms with Crippen LogP contribution in [-0.2, 0) is 10.3 Å². The molecule has 2 aromatic rings. The van der Waals surface area contributed by atoms with Gasteiger partial charge in [-0.25, -0.2) is 23.1 Å². The molecule has 0 saturated carbocycles. The van der Waals surface area contributed by atoms with Crippen LogP contribution in [0.15, 0.2) is 41.5 Å². The van der Waals surface area contributed by atoms with Crippen molar-refractivity contribution < 1.29 is 35.9 Å². The minimum Gasteiger partial charge on any atom is -0.452 e. The van der Waals surface area contributed by atoms with Crippen molar-refractivity contribution >= 4 is 17.6 Å². The molecule has 2 heterocycles. The van der Waals surface area contributed by atoms with E-state index in [9.17, 15) is 31.1 Å². The van der Waals surface area contributed by atoms with Crippen molar-refractivity contribution in [3.05, 3.63) is 59.2 Å². The van der Waals surface area contributed by atoms with Crippen LogP contribution in [0.2, 0.25) is 0 Å². The van der Waals surface area contributed by atoms with Crippen molar-refractivity contribution in [3.63, 3.8) is 0 Å². The molecule has 0 spiro atoms. The van der Waals surface area contributed by atoms with Crippen molar-refractivity contribution in [3.8, 4) is 6.07 Å². The maximum atomic E-state index is 14.5. The molecule has 0 radical (unpaired) electrons. The van der Waals surface area contributed by atoms with E-state index < -0.39 is 54.0 Å². The number of aliphatic imine (C=N–C) groups is 1. The van der Waals surface area contributed by atoms with E-state index in [1.165, 1.54) is 12.1 Å². The van der Waals surface area contributed by atoms with Gasteiger partial charge in [0.05, 0.1) is 5.56 Å². The number of ether oxygens (including phenoxy) is 1. The van der Waals surface area contributed by atoms with Gasteiger partial charge in [-0.1, -0.05) is 0 Å². The number of amidine groups is 1. The molecule has 1 aliphatic rings. The highest BCUT2D eigenvalue weighted by molar-refractivity contribution is 6.02. The molecule has 1 amide bonds.